The second-order valence-electron chi connectivity index (χ2n) is 5.12. The molecule has 1 saturated heterocycles. The van der Waals surface area contributed by atoms with E-state index in [-0.39, 0.29) is 17.9 Å². The van der Waals surface area contributed by atoms with Crippen molar-refractivity contribution in [2.75, 3.05) is 25.1 Å². The fourth-order valence-electron chi connectivity index (χ4n) is 2.46. The molecule has 0 bridgehead atoms. The molecule has 0 radical (unpaired) electrons. The van der Waals surface area contributed by atoms with Gasteiger partial charge in [-0.25, -0.2) is 0 Å². The number of nitrogens with one attached hydrogen (secondary N) is 2. The van der Waals surface area contributed by atoms with Crippen molar-refractivity contribution < 1.29 is 9.53 Å². The first kappa shape index (κ1) is 14.0. The maximum Gasteiger partial charge on any atom is 0.231 e. The first-order valence-electron chi connectivity index (χ1n) is 6.81. The summed E-state index contributed by atoms with van der Waals surface area (Å²) >= 11 is 0. The predicted octanol–water partition coefficient (Wildman–Crippen LogP) is 1.87. The minimum atomic E-state index is -0.111. The molecular weight excluding hydrogens is 240 g/mol. The molecule has 104 valence electrons. The Labute approximate surface area is 114 Å². The summed E-state index contributed by atoms with van der Waals surface area (Å²) in [5.74, 6) is -0.0731. The number of hydrogen-bond donors (Lipinski definition) is 2. The number of carbonyl (C=O) groups excluding carboxylic acids is 1. The van der Waals surface area contributed by atoms with E-state index in [1.54, 1.807) is 0 Å². The highest BCUT2D eigenvalue weighted by molar-refractivity contribution is 5.94. The van der Waals surface area contributed by atoms with Crippen LogP contribution < -0.4 is 10.6 Å². The van der Waals surface area contributed by atoms with Gasteiger partial charge in [0.2, 0.25) is 5.91 Å². The number of rotatable bonds is 4. The number of anilines is 1. The van der Waals surface area contributed by atoms with Crippen LogP contribution in [0.15, 0.2) is 18.2 Å². The maximum absolute atomic E-state index is 12.3. The molecule has 4 nitrogen and oxygen atoms in total. The van der Waals surface area contributed by atoms with Crippen LogP contribution in [0.5, 0.6) is 0 Å². The van der Waals surface area contributed by atoms with Crippen LogP contribution in [-0.2, 0) is 9.53 Å². The molecule has 1 aromatic carbocycles. The van der Waals surface area contributed by atoms with Crippen LogP contribution >= 0.6 is 0 Å². The Morgan fingerprint density at radius 1 is 1.37 bits per heavy atom. The molecule has 0 saturated carbocycles. The van der Waals surface area contributed by atoms with Gasteiger partial charge >= 0.3 is 0 Å². The lowest BCUT2D eigenvalue weighted by Gasteiger charge is -2.18. The molecule has 0 aromatic heterocycles. The fourth-order valence-corrected chi connectivity index (χ4v) is 2.46. The highest BCUT2D eigenvalue weighted by Crippen LogP contribution is 2.20. The first-order valence-corrected chi connectivity index (χ1v) is 6.81. The zero-order valence-electron chi connectivity index (χ0n) is 11.8. The third kappa shape index (κ3) is 3.33. The zero-order valence-corrected chi connectivity index (χ0v) is 11.8. The van der Waals surface area contributed by atoms with Crippen LogP contribution in [0.2, 0.25) is 0 Å². The van der Waals surface area contributed by atoms with Crippen molar-refractivity contribution in [1.29, 1.82) is 0 Å². The van der Waals surface area contributed by atoms with Crippen LogP contribution in [0.25, 0.3) is 0 Å². The van der Waals surface area contributed by atoms with Crippen LogP contribution in [0.3, 0.4) is 0 Å². The van der Waals surface area contributed by atoms with E-state index < -0.39 is 0 Å². The van der Waals surface area contributed by atoms with Crippen LogP contribution in [0.4, 0.5) is 5.69 Å². The van der Waals surface area contributed by atoms with E-state index in [0.29, 0.717) is 13.2 Å². The van der Waals surface area contributed by atoms with Crippen LogP contribution in [0, 0.1) is 19.8 Å². The van der Waals surface area contributed by atoms with Gasteiger partial charge in [0.1, 0.15) is 0 Å². The Hall–Kier alpha value is -1.39. The molecule has 1 aromatic rings. The lowest BCUT2D eigenvalue weighted by molar-refractivity contribution is -0.120. The van der Waals surface area contributed by atoms with Gasteiger partial charge in [-0.1, -0.05) is 24.6 Å². The predicted molar refractivity (Wildman–Crippen MR) is 76.3 cm³/mol. The van der Waals surface area contributed by atoms with Gasteiger partial charge in [-0.3, -0.25) is 4.79 Å². The summed E-state index contributed by atoms with van der Waals surface area (Å²) < 4.78 is 5.41. The molecule has 1 fully saturated rings. The number of carbonyl (C=O) groups is 1. The summed E-state index contributed by atoms with van der Waals surface area (Å²) in [6, 6.07) is 6.16. The number of benzene rings is 1. The van der Waals surface area contributed by atoms with E-state index in [1.807, 2.05) is 32.9 Å². The zero-order chi connectivity index (χ0) is 13.8. The number of likely N-dealkylation sites (N-methyl/N-ethyl adjacent to an activating group) is 1. The normalized spacial score (nSPS) is 22.5. The highest BCUT2D eigenvalue weighted by atomic mass is 16.5. The second kappa shape index (κ2) is 6.17. The third-order valence-corrected chi connectivity index (χ3v) is 3.52. The molecule has 1 aliphatic heterocycles. The van der Waals surface area contributed by atoms with Gasteiger partial charge in [-0.2, -0.15) is 0 Å². The van der Waals surface area contributed by atoms with Gasteiger partial charge < -0.3 is 15.4 Å². The summed E-state index contributed by atoms with van der Waals surface area (Å²) in [5, 5.41) is 6.31. The van der Waals surface area contributed by atoms with Crippen molar-refractivity contribution in [3.63, 3.8) is 0 Å². The Morgan fingerprint density at radius 2 is 2.16 bits per heavy atom. The molecule has 0 aliphatic carbocycles. The summed E-state index contributed by atoms with van der Waals surface area (Å²) in [7, 11) is 0. The van der Waals surface area contributed by atoms with Crippen molar-refractivity contribution in [2.24, 2.45) is 5.92 Å². The maximum atomic E-state index is 12.3. The SMILES string of the molecule is CCNC1COCC1C(=O)Nc1ccc(C)cc1C. The van der Waals surface area contributed by atoms with Crippen molar-refractivity contribution in [1.82, 2.24) is 5.32 Å². The summed E-state index contributed by atoms with van der Waals surface area (Å²) in [4.78, 5) is 12.3. The number of hydrogen-bond acceptors (Lipinski definition) is 3. The van der Waals surface area contributed by atoms with Gasteiger partial charge in [0.05, 0.1) is 19.1 Å². The van der Waals surface area contributed by atoms with E-state index in [2.05, 4.69) is 16.7 Å². The van der Waals surface area contributed by atoms with E-state index in [0.717, 1.165) is 17.8 Å². The second-order valence-corrected chi connectivity index (χ2v) is 5.12. The number of aryl methyl sites for hydroxylation is 2. The molecular formula is C15H22N2O2. The molecule has 1 heterocycles. The monoisotopic (exact) mass is 262 g/mol. The van der Waals surface area contributed by atoms with E-state index >= 15 is 0 Å². The van der Waals surface area contributed by atoms with Gasteiger partial charge in [0.25, 0.3) is 0 Å². The summed E-state index contributed by atoms with van der Waals surface area (Å²) in [6.45, 7) is 8.05. The summed E-state index contributed by atoms with van der Waals surface area (Å²) in [5.41, 5.74) is 3.18. The molecule has 0 spiro atoms. The smallest absolute Gasteiger partial charge is 0.231 e. The third-order valence-electron chi connectivity index (χ3n) is 3.52. The summed E-state index contributed by atoms with van der Waals surface area (Å²) in [6.07, 6.45) is 0. The highest BCUT2D eigenvalue weighted by Gasteiger charge is 2.33. The first-order chi connectivity index (χ1) is 9.11. The average molecular weight is 262 g/mol. The minimum Gasteiger partial charge on any atom is -0.379 e. The number of ether oxygens (including phenoxy) is 1. The standard InChI is InChI=1S/C15H22N2O2/c1-4-16-14-9-19-8-12(14)15(18)17-13-6-5-10(2)7-11(13)3/h5-7,12,14,16H,4,8-9H2,1-3H3,(H,17,18). The van der Waals surface area contributed by atoms with Crippen molar-refractivity contribution in [3.05, 3.63) is 29.3 Å². The molecule has 19 heavy (non-hydrogen) atoms. The quantitative estimate of drug-likeness (QED) is 0.871. The van der Waals surface area contributed by atoms with Crippen molar-refractivity contribution in [3.8, 4) is 0 Å². The van der Waals surface area contributed by atoms with E-state index in [4.69, 9.17) is 4.74 Å². The number of amides is 1. The molecule has 2 atom stereocenters. The van der Waals surface area contributed by atoms with Crippen LogP contribution in [-0.4, -0.2) is 31.7 Å². The van der Waals surface area contributed by atoms with Gasteiger partial charge in [-0.15, -0.1) is 0 Å². The molecule has 4 heteroatoms. The largest absolute Gasteiger partial charge is 0.379 e. The minimum absolute atomic E-state index is 0.0374. The van der Waals surface area contributed by atoms with Crippen LogP contribution in [0.1, 0.15) is 18.1 Å². The fraction of sp³-hybridized carbons (Fsp3) is 0.533. The molecule has 2 rings (SSSR count). The Balaban J connectivity index is 2.04. The topological polar surface area (TPSA) is 50.4 Å². The van der Waals surface area contributed by atoms with Gasteiger partial charge in [0.15, 0.2) is 0 Å². The molecule has 1 amide bonds. The Kier molecular flexibility index (Phi) is 4.56. The molecule has 2 unspecified atom stereocenters. The lowest BCUT2D eigenvalue weighted by atomic mass is 10.0. The van der Waals surface area contributed by atoms with Gasteiger partial charge in [-0.05, 0) is 32.0 Å². The molecule has 2 N–H and O–H groups in total. The van der Waals surface area contributed by atoms with Crippen molar-refractivity contribution in [2.45, 2.75) is 26.8 Å². The molecule has 1 aliphatic rings. The Bertz CT molecular complexity index is 459. The van der Waals surface area contributed by atoms with E-state index in [1.165, 1.54) is 5.56 Å². The van der Waals surface area contributed by atoms with E-state index in [9.17, 15) is 4.79 Å². The Morgan fingerprint density at radius 3 is 2.84 bits per heavy atom. The van der Waals surface area contributed by atoms with Crippen molar-refractivity contribution >= 4 is 11.6 Å². The average Bonchev–Trinajstić information content (AvgIpc) is 2.81. The van der Waals surface area contributed by atoms with Gasteiger partial charge in [0, 0.05) is 11.7 Å². The lowest BCUT2D eigenvalue weighted by Crippen LogP contribution is -2.41.